The third kappa shape index (κ3) is 3.09. The number of phenols is 1. The molecule has 1 atom stereocenters. The number of carboxylic acids is 1. The molecule has 0 bridgehead atoms. The van der Waals surface area contributed by atoms with E-state index in [2.05, 4.69) is 0 Å². The van der Waals surface area contributed by atoms with Gasteiger partial charge in [0.05, 0.1) is 6.42 Å². The van der Waals surface area contributed by atoms with E-state index in [9.17, 15) is 9.90 Å². The van der Waals surface area contributed by atoms with Crippen molar-refractivity contribution < 1.29 is 15.0 Å². The van der Waals surface area contributed by atoms with E-state index in [1.807, 2.05) is 26.8 Å². The van der Waals surface area contributed by atoms with Crippen molar-refractivity contribution in [2.24, 2.45) is 5.92 Å². The zero-order chi connectivity index (χ0) is 14.2. The standard InChI is InChI=1S/C16H22O3/c1-9(2)12-7-13(10(3)6-15(12)17)14(8-16(18)19)11-4-5-11/h6-7,9,11,14,17H,4-5,8H2,1-3H3,(H,18,19). The van der Waals surface area contributed by atoms with Crippen molar-refractivity contribution in [3.8, 4) is 5.75 Å². The predicted octanol–water partition coefficient (Wildman–Crippen LogP) is 3.79. The van der Waals surface area contributed by atoms with Gasteiger partial charge >= 0.3 is 5.97 Å². The normalized spacial score (nSPS) is 16.6. The molecule has 0 aromatic heterocycles. The predicted molar refractivity (Wildman–Crippen MR) is 74.7 cm³/mol. The molecule has 1 aromatic rings. The van der Waals surface area contributed by atoms with E-state index in [1.165, 1.54) is 0 Å². The highest BCUT2D eigenvalue weighted by atomic mass is 16.4. The Morgan fingerprint density at radius 1 is 1.32 bits per heavy atom. The molecule has 1 unspecified atom stereocenters. The number of carbonyl (C=O) groups is 1. The van der Waals surface area contributed by atoms with Crippen molar-refractivity contribution in [2.75, 3.05) is 0 Å². The first-order valence-electron chi connectivity index (χ1n) is 6.95. The van der Waals surface area contributed by atoms with Gasteiger partial charge in [0.25, 0.3) is 0 Å². The quantitative estimate of drug-likeness (QED) is 0.848. The van der Waals surface area contributed by atoms with E-state index in [0.29, 0.717) is 11.7 Å². The van der Waals surface area contributed by atoms with Crippen molar-refractivity contribution in [3.05, 3.63) is 28.8 Å². The van der Waals surface area contributed by atoms with Gasteiger partial charge in [-0.05, 0) is 60.3 Å². The number of rotatable bonds is 5. The Morgan fingerprint density at radius 2 is 1.95 bits per heavy atom. The van der Waals surface area contributed by atoms with Gasteiger partial charge < -0.3 is 10.2 Å². The average molecular weight is 262 g/mol. The van der Waals surface area contributed by atoms with Crippen LogP contribution < -0.4 is 0 Å². The van der Waals surface area contributed by atoms with Crippen molar-refractivity contribution >= 4 is 5.97 Å². The van der Waals surface area contributed by atoms with Crippen LogP contribution in [0, 0.1) is 12.8 Å². The smallest absolute Gasteiger partial charge is 0.303 e. The SMILES string of the molecule is Cc1cc(O)c(C(C)C)cc1C(CC(=O)O)C1CC1. The maximum absolute atomic E-state index is 11.1. The molecular formula is C16H22O3. The summed E-state index contributed by atoms with van der Waals surface area (Å²) < 4.78 is 0. The molecule has 2 rings (SSSR count). The van der Waals surface area contributed by atoms with E-state index >= 15 is 0 Å². The first kappa shape index (κ1) is 13.9. The van der Waals surface area contributed by atoms with E-state index in [1.54, 1.807) is 6.07 Å². The summed E-state index contributed by atoms with van der Waals surface area (Å²) in [7, 11) is 0. The molecule has 0 heterocycles. The lowest BCUT2D eigenvalue weighted by atomic mass is 9.85. The van der Waals surface area contributed by atoms with Crippen LogP contribution in [0.15, 0.2) is 12.1 Å². The average Bonchev–Trinajstić information content (AvgIpc) is 3.09. The molecule has 3 heteroatoms. The Balaban J connectivity index is 2.40. The van der Waals surface area contributed by atoms with Crippen molar-refractivity contribution in [2.45, 2.75) is 51.9 Å². The minimum Gasteiger partial charge on any atom is -0.508 e. The van der Waals surface area contributed by atoms with Crippen molar-refractivity contribution in [1.82, 2.24) is 0 Å². The van der Waals surface area contributed by atoms with Crippen LogP contribution in [-0.2, 0) is 4.79 Å². The summed E-state index contributed by atoms with van der Waals surface area (Å²) >= 11 is 0. The van der Waals surface area contributed by atoms with Crippen molar-refractivity contribution in [1.29, 1.82) is 0 Å². The number of benzene rings is 1. The summed E-state index contributed by atoms with van der Waals surface area (Å²) in [5.41, 5.74) is 3.02. The number of aromatic hydroxyl groups is 1. The Bertz CT molecular complexity index is 487. The number of aliphatic carboxylic acids is 1. The topological polar surface area (TPSA) is 57.5 Å². The fourth-order valence-corrected chi connectivity index (χ4v) is 2.81. The zero-order valence-corrected chi connectivity index (χ0v) is 11.8. The van der Waals surface area contributed by atoms with Gasteiger partial charge in [0.2, 0.25) is 0 Å². The summed E-state index contributed by atoms with van der Waals surface area (Å²) in [4.78, 5) is 11.1. The lowest BCUT2D eigenvalue weighted by molar-refractivity contribution is -0.137. The number of phenolic OH excluding ortho intramolecular Hbond substituents is 1. The van der Waals surface area contributed by atoms with Crippen LogP contribution in [0.2, 0.25) is 0 Å². The van der Waals surface area contributed by atoms with Gasteiger partial charge in [-0.15, -0.1) is 0 Å². The summed E-state index contributed by atoms with van der Waals surface area (Å²) in [5, 5.41) is 19.1. The molecule has 0 spiro atoms. The maximum atomic E-state index is 11.1. The Hall–Kier alpha value is -1.51. The van der Waals surface area contributed by atoms with Gasteiger partial charge in [-0.2, -0.15) is 0 Å². The molecule has 0 aliphatic heterocycles. The first-order chi connectivity index (χ1) is 8.90. The summed E-state index contributed by atoms with van der Waals surface area (Å²) in [6.45, 7) is 6.03. The zero-order valence-electron chi connectivity index (χ0n) is 11.8. The van der Waals surface area contributed by atoms with Crippen LogP contribution in [-0.4, -0.2) is 16.2 Å². The molecule has 2 N–H and O–H groups in total. The minimum absolute atomic E-state index is 0.0931. The Labute approximate surface area is 114 Å². The molecule has 1 aromatic carbocycles. The number of carboxylic acid groups (broad SMARTS) is 1. The molecule has 0 saturated heterocycles. The molecular weight excluding hydrogens is 240 g/mol. The molecule has 1 aliphatic rings. The Kier molecular flexibility index (Phi) is 3.83. The molecule has 0 radical (unpaired) electrons. The van der Waals surface area contributed by atoms with Gasteiger partial charge in [-0.3, -0.25) is 4.79 Å². The lowest BCUT2D eigenvalue weighted by Gasteiger charge is -2.20. The second kappa shape index (κ2) is 5.24. The third-order valence-electron chi connectivity index (χ3n) is 4.02. The highest BCUT2D eigenvalue weighted by molar-refractivity contribution is 5.68. The van der Waals surface area contributed by atoms with Crippen LogP contribution in [0.5, 0.6) is 5.75 Å². The maximum Gasteiger partial charge on any atom is 0.303 e. The summed E-state index contributed by atoms with van der Waals surface area (Å²) in [5.74, 6) is 0.413. The van der Waals surface area contributed by atoms with E-state index < -0.39 is 5.97 Å². The molecule has 1 aliphatic carbocycles. The van der Waals surface area contributed by atoms with E-state index in [4.69, 9.17) is 5.11 Å². The van der Waals surface area contributed by atoms with Crippen LogP contribution >= 0.6 is 0 Å². The van der Waals surface area contributed by atoms with Gasteiger partial charge in [-0.25, -0.2) is 0 Å². The van der Waals surface area contributed by atoms with Gasteiger partial charge in [-0.1, -0.05) is 19.9 Å². The van der Waals surface area contributed by atoms with Crippen LogP contribution in [0.3, 0.4) is 0 Å². The minimum atomic E-state index is -0.740. The second-order valence-electron chi connectivity index (χ2n) is 5.96. The van der Waals surface area contributed by atoms with Crippen LogP contribution in [0.1, 0.15) is 61.6 Å². The fourth-order valence-electron chi connectivity index (χ4n) is 2.81. The monoisotopic (exact) mass is 262 g/mol. The third-order valence-corrected chi connectivity index (χ3v) is 4.02. The highest BCUT2D eigenvalue weighted by Crippen LogP contribution is 2.46. The summed E-state index contributed by atoms with van der Waals surface area (Å²) in [6, 6.07) is 3.79. The van der Waals surface area contributed by atoms with E-state index in [-0.39, 0.29) is 18.3 Å². The van der Waals surface area contributed by atoms with Gasteiger partial charge in [0.1, 0.15) is 5.75 Å². The van der Waals surface area contributed by atoms with Gasteiger partial charge in [0, 0.05) is 0 Å². The van der Waals surface area contributed by atoms with Crippen molar-refractivity contribution in [3.63, 3.8) is 0 Å². The number of aryl methyl sites for hydroxylation is 1. The largest absolute Gasteiger partial charge is 0.508 e. The molecule has 0 amide bonds. The first-order valence-corrected chi connectivity index (χ1v) is 6.95. The highest BCUT2D eigenvalue weighted by Gasteiger charge is 2.34. The second-order valence-corrected chi connectivity index (χ2v) is 5.96. The van der Waals surface area contributed by atoms with Crippen LogP contribution in [0.4, 0.5) is 0 Å². The Morgan fingerprint density at radius 3 is 2.42 bits per heavy atom. The van der Waals surface area contributed by atoms with Gasteiger partial charge in [0.15, 0.2) is 0 Å². The van der Waals surface area contributed by atoms with Crippen LogP contribution in [0.25, 0.3) is 0 Å². The molecule has 104 valence electrons. The number of hydrogen-bond donors (Lipinski definition) is 2. The molecule has 1 saturated carbocycles. The molecule has 19 heavy (non-hydrogen) atoms. The molecule has 3 nitrogen and oxygen atoms in total. The lowest BCUT2D eigenvalue weighted by Crippen LogP contribution is -2.10. The fraction of sp³-hybridized carbons (Fsp3) is 0.562. The number of hydrogen-bond acceptors (Lipinski definition) is 2. The summed E-state index contributed by atoms with van der Waals surface area (Å²) in [6.07, 6.45) is 2.43. The van der Waals surface area contributed by atoms with E-state index in [0.717, 1.165) is 29.5 Å². The molecule has 1 fully saturated rings.